The molecule has 34 heavy (non-hydrogen) atoms. The predicted octanol–water partition coefficient (Wildman–Crippen LogP) is 6.47. The molecular formula is C29H32O5. The van der Waals surface area contributed by atoms with E-state index in [0.29, 0.717) is 25.4 Å². The molecule has 5 nitrogen and oxygen atoms in total. The Labute approximate surface area is 200 Å². The molecule has 0 bridgehead atoms. The Morgan fingerprint density at radius 1 is 1.15 bits per heavy atom. The number of benzene rings is 2. The lowest BCUT2D eigenvalue weighted by Gasteiger charge is -2.23. The maximum atomic E-state index is 12.1. The lowest BCUT2D eigenvalue weighted by Crippen LogP contribution is -2.17. The van der Waals surface area contributed by atoms with E-state index in [1.807, 2.05) is 32.1 Å². The smallest absolute Gasteiger partial charge is 0.306 e. The normalized spacial score (nSPS) is 15.7. The Kier molecular flexibility index (Phi) is 7.53. The van der Waals surface area contributed by atoms with Crippen molar-refractivity contribution in [2.24, 2.45) is 5.92 Å². The summed E-state index contributed by atoms with van der Waals surface area (Å²) < 4.78 is 17.4. The van der Waals surface area contributed by atoms with E-state index in [9.17, 15) is 9.90 Å². The molecule has 178 valence electrons. The highest BCUT2D eigenvalue weighted by atomic mass is 16.5. The topological polar surface area (TPSA) is 68.9 Å². The molecule has 3 aromatic rings. The minimum atomic E-state index is -0.204. The number of ether oxygens (including phenoxy) is 2. The summed E-state index contributed by atoms with van der Waals surface area (Å²) in [6.45, 7) is 6.59. The molecule has 0 aliphatic heterocycles. The molecule has 0 saturated carbocycles. The molecule has 0 saturated heterocycles. The highest BCUT2D eigenvalue weighted by molar-refractivity contribution is 5.93. The molecule has 1 heterocycles. The maximum absolute atomic E-state index is 12.1. The van der Waals surface area contributed by atoms with E-state index < -0.39 is 0 Å². The van der Waals surface area contributed by atoms with Gasteiger partial charge in [-0.1, -0.05) is 42.8 Å². The fraction of sp³-hybridized carbons (Fsp3) is 0.345. The van der Waals surface area contributed by atoms with Gasteiger partial charge in [-0.3, -0.25) is 4.79 Å². The molecule has 1 N–H and O–H groups in total. The fourth-order valence-electron chi connectivity index (χ4n) is 4.38. The van der Waals surface area contributed by atoms with Gasteiger partial charge < -0.3 is 19.0 Å². The van der Waals surface area contributed by atoms with Crippen LogP contribution in [0.2, 0.25) is 0 Å². The molecule has 1 aromatic heterocycles. The van der Waals surface area contributed by atoms with Gasteiger partial charge in [0.25, 0.3) is 0 Å². The summed E-state index contributed by atoms with van der Waals surface area (Å²) in [7, 11) is 0. The molecule has 0 spiro atoms. The number of hydrogen-bond donors (Lipinski definition) is 1. The third-order valence-corrected chi connectivity index (χ3v) is 6.15. The number of aliphatic hydroxyl groups excluding tert-OH is 1. The lowest BCUT2D eigenvalue weighted by molar-refractivity contribution is -0.144. The molecule has 0 amide bonds. The molecule has 1 aliphatic rings. The summed E-state index contributed by atoms with van der Waals surface area (Å²) in [5, 5.41) is 10.5. The van der Waals surface area contributed by atoms with E-state index >= 15 is 0 Å². The van der Waals surface area contributed by atoms with Gasteiger partial charge in [-0.25, -0.2) is 0 Å². The van der Waals surface area contributed by atoms with Crippen molar-refractivity contribution in [1.82, 2.24) is 0 Å². The van der Waals surface area contributed by atoms with Crippen LogP contribution in [0.3, 0.4) is 0 Å². The Hall–Kier alpha value is -3.31. The van der Waals surface area contributed by atoms with Crippen LogP contribution in [0, 0.1) is 5.92 Å². The Morgan fingerprint density at radius 3 is 2.76 bits per heavy atom. The standard InChI is InChI=1S/C29H32O5/c1-4-20-7-6-8-22(12-20)26-14-21(13-24-15-25(17-30)34-29(24)26)18-33-27-11-19(3)9-10-23(27)16-28(31)32-5-2/h6-9,11-15,23,30H,4-5,10,16-18H2,1-3H3. The zero-order valence-corrected chi connectivity index (χ0v) is 20.1. The molecule has 5 heteroatoms. The van der Waals surface area contributed by atoms with Gasteiger partial charge in [0.05, 0.1) is 13.0 Å². The van der Waals surface area contributed by atoms with Crippen LogP contribution in [0.15, 0.2) is 70.4 Å². The molecule has 0 radical (unpaired) electrons. The number of aryl methyl sites for hydroxylation is 1. The average molecular weight is 461 g/mol. The van der Waals surface area contributed by atoms with E-state index in [1.54, 1.807) is 0 Å². The van der Waals surface area contributed by atoms with Gasteiger partial charge in [-0.2, -0.15) is 0 Å². The monoisotopic (exact) mass is 460 g/mol. The number of allylic oxidation sites excluding steroid dienone is 4. The van der Waals surface area contributed by atoms with Crippen molar-refractivity contribution in [2.75, 3.05) is 6.61 Å². The number of fused-ring (bicyclic) bond motifs is 1. The minimum absolute atomic E-state index is 0.0258. The Balaban J connectivity index is 1.63. The van der Waals surface area contributed by atoms with Crippen LogP contribution in [0.25, 0.3) is 22.1 Å². The summed E-state index contributed by atoms with van der Waals surface area (Å²) >= 11 is 0. The number of hydrogen-bond acceptors (Lipinski definition) is 5. The van der Waals surface area contributed by atoms with Gasteiger partial charge in [0.1, 0.15) is 30.3 Å². The van der Waals surface area contributed by atoms with Gasteiger partial charge >= 0.3 is 5.97 Å². The van der Waals surface area contributed by atoms with Crippen LogP contribution in [-0.4, -0.2) is 17.7 Å². The molecule has 0 fully saturated rings. The van der Waals surface area contributed by atoms with Crippen molar-refractivity contribution in [3.05, 3.63) is 82.8 Å². The predicted molar refractivity (Wildman–Crippen MR) is 133 cm³/mol. The quantitative estimate of drug-likeness (QED) is 0.370. The first-order chi connectivity index (χ1) is 16.5. The lowest BCUT2D eigenvalue weighted by atomic mass is 9.92. The number of carbonyl (C=O) groups excluding carboxylic acids is 1. The molecule has 4 rings (SSSR count). The molecular weight excluding hydrogens is 428 g/mol. The second-order valence-corrected chi connectivity index (χ2v) is 8.71. The summed E-state index contributed by atoms with van der Waals surface area (Å²) in [5.74, 6) is 1.11. The molecule has 1 atom stereocenters. The van der Waals surface area contributed by atoms with E-state index in [-0.39, 0.29) is 18.5 Å². The zero-order chi connectivity index (χ0) is 24.1. The van der Waals surface area contributed by atoms with Gasteiger partial charge in [-0.15, -0.1) is 0 Å². The minimum Gasteiger partial charge on any atom is -0.493 e. The molecule has 1 unspecified atom stereocenters. The summed E-state index contributed by atoms with van der Waals surface area (Å²) in [6, 6.07) is 14.4. The Bertz CT molecular complexity index is 1230. The van der Waals surface area contributed by atoms with Gasteiger partial charge in [0, 0.05) is 16.9 Å². The van der Waals surface area contributed by atoms with Crippen LogP contribution in [-0.2, 0) is 33.9 Å². The summed E-state index contributed by atoms with van der Waals surface area (Å²) in [6.07, 6.45) is 6.15. The van der Waals surface area contributed by atoms with Crippen LogP contribution in [0.5, 0.6) is 0 Å². The summed E-state index contributed by atoms with van der Waals surface area (Å²) in [5.41, 5.74) is 6.18. The first kappa shape index (κ1) is 23.8. The fourth-order valence-corrected chi connectivity index (χ4v) is 4.38. The number of carbonyl (C=O) groups is 1. The summed E-state index contributed by atoms with van der Waals surface area (Å²) in [4.78, 5) is 12.1. The van der Waals surface area contributed by atoms with Gasteiger partial charge in [-0.05, 0) is 67.7 Å². The Morgan fingerprint density at radius 2 is 2.00 bits per heavy atom. The van der Waals surface area contributed by atoms with Crippen LogP contribution in [0.1, 0.15) is 50.5 Å². The van der Waals surface area contributed by atoms with E-state index in [2.05, 4.69) is 43.3 Å². The van der Waals surface area contributed by atoms with Crippen LogP contribution < -0.4 is 0 Å². The van der Waals surface area contributed by atoms with Crippen molar-refractivity contribution in [1.29, 1.82) is 0 Å². The third kappa shape index (κ3) is 5.42. The number of rotatable bonds is 9. The first-order valence-corrected chi connectivity index (χ1v) is 11.9. The van der Waals surface area contributed by atoms with Crippen LogP contribution in [0.4, 0.5) is 0 Å². The maximum Gasteiger partial charge on any atom is 0.306 e. The largest absolute Gasteiger partial charge is 0.493 e. The van der Waals surface area contributed by atoms with Crippen molar-refractivity contribution in [3.63, 3.8) is 0 Å². The van der Waals surface area contributed by atoms with E-state index in [1.165, 1.54) is 5.56 Å². The first-order valence-electron chi connectivity index (χ1n) is 11.9. The number of aliphatic hydroxyl groups is 1. The average Bonchev–Trinajstić information content (AvgIpc) is 3.27. The van der Waals surface area contributed by atoms with Gasteiger partial charge in [0.15, 0.2) is 0 Å². The number of esters is 1. The SMILES string of the molecule is CCOC(=O)CC1CC=C(C)C=C1OCc1cc(-c2cccc(CC)c2)c2oc(CO)cc2c1. The van der Waals surface area contributed by atoms with Crippen molar-refractivity contribution in [2.45, 2.75) is 53.2 Å². The second-order valence-electron chi connectivity index (χ2n) is 8.71. The van der Waals surface area contributed by atoms with Gasteiger partial charge in [0.2, 0.25) is 0 Å². The van der Waals surface area contributed by atoms with Crippen molar-refractivity contribution >= 4 is 16.9 Å². The second kappa shape index (κ2) is 10.7. The highest BCUT2D eigenvalue weighted by Crippen LogP contribution is 2.35. The van der Waals surface area contributed by atoms with Crippen LogP contribution >= 0.6 is 0 Å². The molecule has 1 aliphatic carbocycles. The zero-order valence-electron chi connectivity index (χ0n) is 20.1. The van der Waals surface area contributed by atoms with Crippen molar-refractivity contribution in [3.8, 4) is 11.1 Å². The van der Waals surface area contributed by atoms with E-state index in [0.717, 1.165) is 51.8 Å². The molecule has 2 aromatic carbocycles. The number of furan rings is 1. The third-order valence-electron chi connectivity index (χ3n) is 6.15. The highest BCUT2D eigenvalue weighted by Gasteiger charge is 2.23. The van der Waals surface area contributed by atoms with Crippen molar-refractivity contribution < 1.29 is 23.8 Å². The van der Waals surface area contributed by atoms with E-state index in [4.69, 9.17) is 13.9 Å².